The normalized spacial score (nSPS) is 9.76. The zero-order valence-electron chi connectivity index (χ0n) is 9.94. The predicted octanol–water partition coefficient (Wildman–Crippen LogP) is 1.98. The lowest BCUT2D eigenvalue weighted by Gasteiger charge is -2.07. The average Bonchev–Trinajstić information content (AvgIpc) is 2.35. The Balaban J connectivity index is 2.42. The van der Waals surface area contributed by atoms with E-state index < -0.39 is 6.09 Å². The average molecular weight is 238 g/mol. The van der Waals surface area contributed by atoms with Crippen LogP contribution in [0.4, 0.5) is 10.5 Å². The molecule has 3 N–H and O–H groups in total. The highest BCUT2D eigenvalue weighted by Gasteiger charge is 2.02. The molecule has 1 aromatic carbocycles. The molecule has 1 amide bonds. The molecule has 1 aromatic rings. The third-order valence-corrected chi connectivity index (χ3v) is 1.92. The Morgan fingerprint density at radius 1 is 1.29 bits per heavy atom. The molecule has 5 heteroatoms. The van der Waals surface area contributed by atoms with Crippen molar-refractivity contribution in [2.45, 2.75) is 13.3 Å². The summed E-state index contributed by atoms with van der Waals surface area (Å²) in [6, 6.07) is 7.04. The summed E-state index contributed by atoms with van der Waals surface area (Å²) in [6.07, 6.45) is 0.363. The number of amides is 1. The second-order valence-electron chi connectivity index (χ2n) is 3.42. The van der Waals surface area contributed by atoms with E-state index in [1.165, 1.54) is 0 Å². The molecule has 94 valence electrons. The molecule has 0 saturated heterocycles. The topological polar surface area (TPSA) is 73.6 Å². The van der Waals surface area contributed by atoms with Gasteiger partial charge in [-0.15, -0.1) is 0 Å². The van der Waals surface area contributed by atoms with Gasteiger partial charge in [-0.3, -0.25) is 5.32 Å². The van der Waals surface area contributed by atoms with Crippen LogP contribution in [0, 0.1) is 0 Å². The van der Waals surface area contributed by atoms with E-state index in [0.717, 1.165) is 12.2 Å². The lowest BCUT2D eigenvalue weighted by Crippen LogP contribution is -2.14. The van der Waals surface area contributed by atoms with Crippen LogP contribution in [-0.4, -0.2) is 25.9 Å². The first kappa shape index (κ1) is 13.3. The summed E-state index contributed by atoms with van der Waals surface area (Å²) >= 11 is 0. The van der Waals surface area contributed by atoms with Gasteiger partial charge < -0.3 is 15.2 Å². The van der Waals surface area contributed by atoms with Crippen molar-refractivity contribution in [2.75, 3.05) is 25.1 Å². The molecule has 0 saturated carbocycles. The van der Waals surface area contributed by atoms with Crippen LogP contribution in [0.2, 0.25) is 0 Å². The van der Waals surface area contributed by atoms with Crippen LogP contribution in [-0.2, 0) is 4.74 Å². The van der Waals surface area contributed by atoms with Crippen molar-refractivity contribution < 1.29 is 14.3 Å². The zero-order valence-corrected chi connectivity index (χ0v) is 9.94. The third-order valence-electron chi connectivity index (χ3n) is 1.92. The van der Waals surface area contributed by atoms with Gasteiger partial charge in [-0.2, -0.15) is 0 Å². The van der Waals surface area contributed by atoms with Crippen LogP contribution in [0.1, 0.15) is 13.3 Å². The first-order chi connectivity index (χ1) is 8.26. The van der Waals surface area contributed by atoms with Crippen LogP contribution < -0.4 is 15.8 Å². The van der Waals surface area contributed by atoms with E-state index in [1.807, 2.05) is 6.92 Å². The smallest absolute Gasteiger partial charge is 0.411 e. The number of nitrogens with one attached hydrogen (secondary N) is 1. The van der Waals surface area contributed by atoms with Gasteiger partial charge in [-0.25, -0.2) is 4.79 Å². The van der Waals surface area contributed by atoms with Gasteiger partial charge in [0.2, 0.25) is 0 Å². The van der Waals surface area contributed by atoms with Crippen LogP contribution in [0.15, 0.2) is 24.3 Å². The number of nitrogens with two attached hydrogens (primary N) is 1. The number of hydrogen-bond donors (Lipinski definition) is 2. The summed E-state index contributed by atoms with van der Waals surface area (Å²) in [5.41, 5.74) is 5.99. The van der Waals surface area contributed by atoms with Gasteiger partial charge in [0.25, 0.3) is 0 Å². The van der Waals surface area contributed by atoms with Crippen LogP contribution in [0.25, 0.3) is 0 Å². The molecule has 0 radical (unpaired) electrons. The molecule has 0 atom stereocenters. The SMILES string of the molecule is CCCOC(=O)Nc1ccc(OCCN)cc1. The molecule has 0 aliphatic rings. The standard InChI is InChI=1S/C12H18N2O3/c1-2-8-17-12(15)14-10-3-5-11(6-4-10)16-9-7-13/h3-6H,2,7-9,13H2,1H3,(H,14,15). The van der Waals surface area contributed by atoms with Gasteiger partial charge in [0.1, 0.15) is 12.4 Å². The molecule has 0 fully saturated rings. The second-order valence-corrected chi connectivity index (χ2v) is 3.42. The van der Waals surface area contributed by atoms with E-state index in [2.05, 4.69) is 5.32 Å². The van der Waals surface area contributed by atoms with Gasteiger partial charge in [0, 0.05) is 12.2 Å². The quantitative estimate of drug-likeness (QED) is 0.794. The minimum absolute atomic E-state index is 0.420. The van der Waals surface area contributed by atoms with Crippen LogP contribution in [0.3, 0.4) is 0 Å². The molecular formula is C12H18N2O3. The van der Waals surface area contributed by atoms with Crippen molar-refractivity contribution in [1.29, 1.82) is 0 Å². The van der Waals surface area contributed by atoms with E-state index in [9.17, 15) is 4.79 Å². The fourth-order valence-electron chi connectivity index (χ4n) is 1.16. The van der Waals surface area contributed by atoms with E-state index >= 15 is 0 Å². The summed E-state index contributed by atoms with van der Waals surface area (Å²) in [6.45, 7) is 3.31. The summed E-state index contributed by atoms with van der Waals surface area (Å²) in [5, 5.41) is 2.62. The Hall–Kier alpha value is -1.75. The Morgan fingerprint density at radius 3 is 2.59 bits per heavy atom. The number of carbonyl (C=O) groups excluding carboxylic acids is 1. The molecule has 0 aromatic heterocycles. The lowest BCUT2D eigenvalue weighted by molar-refractivity contribution is 0.161. The van der Waals surface area contributed by atoms with Crippen molar-refractivity contribution in [3.8, 4) is 5.75 Å². The van der Waals surface area contributed by atoms with Crippen molar-refractivity contribution in [3.05, 3.63) is 24.3 Å². The minimum Gasteiger partial charge on any atom is -0.492 e. The minimum atomic E-state index is -0.442. The highest BCUT2D eigenvalue weighted by molar-refractivity contribution is 5.84. The number of carbonyl (C=O) groups is 1. The number of hydrogen-bond acceptors (Lipinski definition) is 4. The first-order valence-electron chi connectivity index (χ1n) is 5.63. The molecule has 0 bridgehead atoms. The Bertz CT molecular complexity index is 338. The molecule has 0 spiro atoms. The van der Waals surface area contributed by atoms with Crippen molar-refractivity contribution in [2.24, 2.45) is 5.73 Å². The van der Waals surface area contributed by atoms with Gasteiger partial charge >= 0.3 is 6.09 Å². The molecule has 5 nitrogen and oxygen atoms in total. The maximum atomic E-state index is 11.2. The lowest BCUT2D eigenvalue weighted by atomic mass is 10.3. The highest BCUT2D eigenvalue weighted by atomic mass is 16.5. The number of rotatable bonds is 6. The third kappa shape index (κ3) is 5.21. The zero-order chi connectivity index (χ0) is 12.5. The number of benzene rings is 1. The second kappa shape index (κ2) is 7.51. The molecule has 0 heterocycles. The molecule has 0 aliphatic heterocycles. The fraction of sp³-hybridized carbons (Fsp3) is 0.417. The molecule has 17 heavy (non-hydrogen) atoms. The molecule has 0 unspecified atom stereocenters. The van der Waals surface area contributed by atoms with Gasteiger partial charge in [-0.05, 0) is 30.7 Å². The van der Waals surface area contributed by atoms with Crippen LogP contribution >= 0.6 is 0 Å². The summed E-state index contributed by atoms with van der Waals surface area (Å²) < 4.78 is 10.2. The first-order valence-corrected chi connectivity index (χ1v) is 5.63. The van der Waals surface area contributed by atoms with E-state index in [-0.39, 0.29) is 0 Å². The summed E-state index contributed by atoms with van der Waals surface area (Å²) in [4.78, 5) is 11.2. The highest BCUT2D eigenvalue weighted by Crippen LogP contribution is 2.15. The van der Waals surface area contributed by atoms with Crippen LogP contribution in [0.5, 0.6) is 5.75 Å². The molecular weight excluding hydrogens is 220 g/mol. The fourth-order valence-corrected chi connectivity index (χ4v) is 1.16. The Labute approximate surface area is 101 Å². The summed E-state index contributed by atoms with van der Waals surface area (Å²) in [7, 11) is 0. The molecule has 0 aliphatic carbocycles. The molecule has 1 rings (SSSR count). The maximum absolute atomic E-state index is 11.2. The van der Waals surface area contributed by atoms with Crippen molar-refractivity contribution >= 4 is 11.8 Å². The van der Waals surface area contributed by atoms with E-state index in [4.69, 9.17) is 15.2 Å². The monoisotopic (exact) mass is 238 g/mol. The number of anilines is 1. The Morgan fingerprint density at radius 2 is 2.00 bits per heavy atom. The van der Waals surface area contributed by atoms with E-state index in [1.54, 1.807) is 24.3 Å². The van der Waals surface area contributed by atoms with E-state index in [0.29, 0.717) is 25.4 Å². The maximum Gasteiger partial charge on any atom is 0.411 e. The van der Waals surface area contributed by atoms with Gasteiger partial charge in [0.05, 0.1) is 6.61 Å². The summed E-state index contributed by atoms with van der Waals surface area (Å²) in [5.74, 6) is 0.725. The predicted molar refractivity (Wildman–Crippen MR) is 66.3 cm³/mol. The van der Waals surface area contributed by atoms with Crippen molar-refractivity contribution in [1.82, 2.24) is 0 Å². The largest absolute Gasteiger partial charge is 0.492 e. The number of ether oxygens (including phenoxy) is 2. The van der Waals surface area contributed by atoms with Crippen molar-refractivity contribution in [3.63, 3.8) is 0 Å². The van der Waals surface area contributed by atoms with Gasteiger partial charge in [0.15, 0.2) is 0 Å². The Kier molecular flexibility index (Phi) is 5.88. The van der Waals surface area contributed by atoms with Gasteiger partial charge in [-0.1, -0.05) is 6.92 Å².